The van der Waals surface area contributed by atoms with Gasteiger partial charge in [-0.25, -0.2) is 4.39 Å². The quantitative estimate of drug-likeness (QED) is 0.754. The minimum Gasteiger partial charge on any atom is -0.336 e. The summed E-state index contributed by atoms with van der Waals surface area (Å²) >= 11 is 0. The highest BCUT2D eigenvalue weighted by Crippen LogP contribution is 2.26. The van der Waals surface area contributed by atoms with Gasteiger partial charge in [0.1, 0.15) is 6.17 Å². The van der Waals surface area contributed by atoms with Crippen molar-refractivity contribution in [3.63, 3.8) is 0 Å². The van der Waals surface area contributed by atoms with Crippen LogP contribution in [0.15, 0.2) is 23.8 Å². The Kier molecular flexibility index (Phi) is 4.20. The van der Waals surface area contributed by atoms with Crippen molar-refractivity contribution in [3.05, 3.63) is 23.8 Å². The fourth-order valence-corrected chi connectivity index (χ4v) is 2.84. The van der Waals surface area contributed by atoms with Crippen molar-refractivity contribution in [1.82, 2.24) is 4.90 Å². The number of piperidine rings is 1. The third-order valence-corrected chi connectivity index (χ3v) is 4.10. The van der Waals surface area contributed by atoms with Gasteiger partial charge in [0.15, 0.2) is 0 Å². The summed E-state index contributed by atoms with van der Waals surface area (Å²) in [5.41, 5.74) is 1.08. The number of hydrogen-bond donors (Lipinski definition) is 0. The van der Waals surface area contributed by atoms with Gasteiger partial charge >= 0.3 is 0 Å². The van der Waals surface area contributed by atoms with E-state index >= 15 is 0 Å². The highest BCUT2D eigenvalue weighted by atomic mass is 19.1. The van der Waals surface area contributed by atoms with Crippen LogP contribution in [-0.4, -0.2) is 29.6 Å². The van der Waals surface area contributed by atoms with Gasteiger partial charge in [-0.2, -0.15) is 0 Å². The Labute approximate surface area is 109 Å². The van der Waals surface area contributed by atoms with E-state index in [1.807, 2.05) is 24.0 Å². The number of amides is 1. The standard InChI is InChI=1S/C15H22FNO/c1-3-12-5-4-10-17(15(12)18)11(2)13-6-8-14(16)9-7-13/h6-8,11-12,14H,3-5,9-10H2,1-2H3. The number of carbonyl (C=O) groups excluding carboxylic acids is 1. The molecule has 2 nitrogen and oxygen atoms in total. The van der Waals surface area contributed by atoms with Gasteiger partial charge in [-0.05, 0) is 31.8 Å². The summed E-state index contributed by atoms with van der Waals surface area (Å²) in [6.07, 6.45) is 7.95. The number of alkyl halides is 1. The number of carbonyl (C=O) groups is 1. The van der Waals surface area contributed by atoms with Crippen LogP contribution in [0.5, 0.6) is 0 Å². The van der Waals surface area contributed by atoms with Gasteiger partial charge in [-0.1, -0.05) is 25.2 Å². The predicted octanol–water partition coefficient (Wildman–Crippen LogP) is 3.25. The summed E-state index contributed by atoms with van der Waals surface area (Å²) in [5, 5.41) is 0. The molecule has 0 aromatic carbocycles. The Morgan fingerprint density at radius 2 is 2.33 bits per heavy atom. The highest BCUT2D eigenvalue weighted by Gasteiger charge is 2.31. The van der Waals surface area contributed by atoms with Crippen molar-refractivity contribution in [2.75, 3.05) is 6.54 Å². The van der Waals surface area contributed by atoms with E-state index in [1.54, 1.807) is 6.08 Å². The van der Waals surface area contributed by atoms with Crippen molar-refractivity contribution in [2.45, 2.75) is 51.7 Å². The van der Waals surface area contributed by atoms with Gasteiger partial charge in [0, 0.05) is 18.9 Å². The lowest BCUT2D eigenvalue weighted by Gasteiger charge is -2.37. The zero-order valence-corrected chi connectivity index (χ0v) is 11.2. The molecule has 2 aliphatic rings. The molecule has 0 N–H and O–H groups in total. The van der Waals surface area contributed by atoms with E-state index < -0.39 is 6.17 Å². The maximum atomic E-state index is 13.0. The lowest BCUT2D eigenvalue weighted by molar-refractivity contribution is -0.139. The van der Waals surface area contributed by atoms with E-state index in [4.69, 9.17) is 0 Å². The molecule has 0 saturated carbocycles. The van der Waals surface area contributed by atoms with E-state index in [1.165, 1.54) is 0 Å². The van der Waals surface area contributed by atoms with Crippen molar-refractivity contribution < 1.29 is 9.18 Å². The molecule has 18 heavy (non-hydrogen) atoms. The van der Waals surface area contributed by atoms with Crippen LogP contribution in [0.3, 0.4) is 0 Å². The molecule has 1 fully saturated rings. The van der Waals surface area contributed by atoms with Crippen LogP contribution in [-0.2, 0) is 4.79 Å². The Bertz CT molecular complexity index is 375. The van der Waals surface area contributed by atoms with Gasteiger partial charge in [0.25, 0.3) is 0 Å². The number of allylic oxidation sites excluding steroid dienone is 2. The monoisotopic (exact) mass is 251 g/mol. The molecular formula is C15H22FNO. The average molecular weight is 251 g/mol. The molecule has 3 heteroatoms. The number of nitrogens with zero attached hydrogens (tertiary/aromatic N) is 1. The fourth-order valence-electron chi connectivity index (χ4n) is 2.84. The zero-order chi connectivity index (χ0) is 13.1. The lowest BCUT2D eigenvalue weighted by Crippen LogP contribution is -2.46. The van der Waals surface area contributed by atoms with Crippen LogP contribution in [0.2, 0.25) is 0 Å². The van der Waals surface area contributed by atoms with E-state index in [0.717, 1.165) is 31.4 Å². The molecule has 100 valence electrons. The molecule has 0 bridgehead atoms. The van der Waals surface area contributed by atoms with Crippen molar-refractivity contribution in [3.8, 4) is 0 Å². The second-order valence-electron chi connectivity index (χ2n) is 5.27. The van der Waals surface area contributed by atoms with Crippen LogP contribution < -0.4 is 0 Å². The molecule has 1 heterocycles. The molecule has 1 saturated heterocycles. The summed E-state index contributed by atoms with van der Waals surface area (Å²) in [4.78, 5) is 14.3. The van der Waals surface area contributed by atoms with Crippen LogP contribution in [0.4, 0.5) is 4.39 Å². The smallest absolute Gasteiger partial charge is 0.226 e. The minimum absolute atomic E-state index is 0.0793. The molecule has 0 radical (unpaired) electrons. The Hall–Kier alpha value is -1.12. The first kappa shape index (κ1) is 13.3. The topological polar surface area (TPSA) is 20.3 Å². The number of rotatable bonds is 3. The minimum atomic E-state index is -0.860. The van der Waals surface area contributed by atoms with Crippen molar-refractivity contribution in [1.29, 1.82) is 0 Å². The van der Waals surface area contributed by atoms with Crippen LogP contribution >= 0.6 is 0 Å². The second kappa shape index (κ2) is 5.68. The van der Waals surface area contributed by atoms with E-state index in [9.17, 15) is 9.18 Å². The maximum Gasteiger partial charge on any atom is 0.226 e. The van der Waals surface area contributed by atoms with Crippen molar-refractivity contribution >= 4 is 5.91 Å². The largest absolute Gasteiger partial charge is 0.336 e. The molecule has 0 spiro atoms. The normalized spacial score (nSPS) is 30.3. The first-order chi connectivity index (χ1) is 8.63. The van der Waals surface area contributed by atoms with E-state index in [0.29, 0.717) is 6.42 Å². The third-order valence-electron chi connectivity index (χ3n) is 4.10. The molecule has 0 aromatic rings. The predicted molar refractivity (Wildman–Crippen MR) is 70.9 cm³/mol. The van der Waals surface area contributed by atoms with Crippen LogP contribution in [0, 0.1) is 5.92 Å². The summed E-state index contributed by atoms with van der Waals surface area (Å²) in [7, 11) is 0. The average Bonchev–Trinajstić information content (AvgIpc) is 2.39. The van der Waals surface area contributed by atoms with Gasteiger partial charge < -0.3 is 4.90 Å². The van der Waals surface area contributed by atoms with Gasteiger partial charge in [0.2, 0.25) is 5.91 Å². The molecule has 1 aliphatic heterocycles. The molecule has 3 unspecified atom stereocenters. The lowest BCUT2D eigenvalue weighted by atomic mass is 9.91. The molecule has 0 aromatic heterocycles. The van der Waals surface area contributed by atoms with Crippen LogP contribution in [0.25, 0.3) is 0 Å². The SMILES string of the molecule is CCC1CCCN(C(C)C2=CCC(F)C=C2)C1=O. The first-order valence-corrected chi connectivity index (χ1v) is 6.96. The molecular weight excluding hydrogens is 229 g/mol. The fraction of sp³-hybridized carbons (Fsp3) is 0.667. The van der Waals surface area contributed by atoms with Gasteiger partial charge in [0.05, 0.1) is 6.04 Å². The molecule has 1 amide bonds. The van der Waals surface area contributed by atoms with Gasteiger partial charge in [-0.15, -0.1) is 0 Å². The Morgan fingerprint density at radius 1 is 1.56 bits per heavy atom. The van der Waals surface area contributed by atoms with Gasteiger partial charge in [-0.3, -0.25) is 4.79 Å². The maximum absolute atomic E-state index is 13.0. The number of hydrogen-bond acceptors (Lipinski definition) is 1. The summed E-state index contributed by atoms with van der Waals surface area (Å²) in [5.74, 6) is 0.455. The first-order valence-electron chi connectivity index (χ1n) is 6.96. The van der Waals surface area contributed by atoms with Crippen molar-refractivity contribution in [2.24, 2.45) is 5.92 Å². The Balaban J connectivity index is 2.06. The summed E-state index contributed by atoms with van der Waals surface area (Å²) < 4.78 is 13.0. The summed E-state index contributed by atoms with van der Waals surface area (Å²) in [6, 6.07) is 0.0793. The van der Waals surface area contributed by atoms with E-state index in [2.05, 4.69) is 6.92 Å². The molecule has 3 atom stereocenters. The molecule has 2 rings (SSSR count). The van der Waals surface area contributed by atoms with E-state index in [-0.39, 0.29) is 17.9 Å². The highest BCUT2D eigenvalue weighted by molar-refractivity contribution is 5.80. The second-order valence-corrected chi connectivity index (χ2v) is 5.27. The molecule has 1 aliphatic carbocycles. The number of halogens is 1. The zero-order valence-electron chi connectivity index (χ0n) is 11.2. The summed E-state index contributed by atoms with van der Waals surface area (Å²) in [6.45, 7) is 4.95. The Morgan fingerprint density at radius 3 is 2.94 bits per heavy atom. The third kappa shape index (κ3) is 2.65. The number of likely N-dealkylation sites (tertiary alicyclic amines) is 1. The van der Waals surface area contributed by atoms with Crippen LogP contribution in [0.1, 0.15) is 39.5 Å².